The molecule has 0 fully saturated rings. The number of carboxylic acid groups (broad SMARTS) is 1. The molecule has 1 unspecified atom stereocenters. The zero-order valence-corrected chi connectivity index (χ0v) is 7.87. The van der Waals surface area contributed by atoms with E-state index >= 15 is 0 Å². The van der Waals surface area contributed by atoms with Crippen molar-refractivity contribution in [1.29, 1.82) is 0 Å². The predicted molar refractivity (Wildman–Crippen MR) is 49.5 cm³/mol. The molecular weight excluding hydrogens is 259 g/mol. The van der Waals surface area contributed by atoms with Gasteiger partial charge in [0.25, 0.3) is 0 Å². The maximum atomic E-state index is 10.0. The number of rotatable bonds is 3. The first-order chi connectivity index (χ1) is 5.20. The Labute approximate surface area is 78.6 Å². The summed E-state index contributed by atoms with van der Waals surface area (Å²) < 4.78 is 7.00. The van der Waals surface area contributed by atoms with Crippen LogP contribution >= 0.6 is 22.6 Å². The molecule has 11 heavy (non-hydrogen) atoms. The molecular formula is C7H7IO3. The summed E-state index contributed by atoms with van der Waals surface area (Å²) in [6.07, 6.45) is -0.0478. The van der Waals surface area contributed by atoms with Crippen LogP contribution in [0.15, 0.2) is 12.7 Å². The summed E-state index contributed by atoms with van der Waals surface area (Å²) in [5.41, 5.74) is 0. The van der Waals surface area contributed by atoms with Gasteiger partial charge in [0.15, 0.2) is 0 Å². The molecule has 0 aliphatic heterocycles. The second kappa shape index (κ2) is 6.04. The molecule has 0 aliphatic carbocycles. The molecule has 1 N–H and O–H groups in total. The van der Waals surface area contributed by atoms with Crippen LogP contribution in [0.5, 0.6) is 0 Å². The maximum absolute atomic E-state index is 10.0. The van der Waals surface area contributed by atoms with E-state index in [0.29, 0.717) is 6.42 Å². The lowest BCUT2D eigenvalue weighted by Gasteiger charge is -2.06. The number of halogens is 1. The molecule has 0 aromatic carbocycles. The van der Waals surface area contributed by atoms with Gasteiger partial charge < -0.3 is 9.84 Å². The first kappa shape index (κ1) is 10.3. The first-order valence-corrected chi connectivity index (χ1v) is 3.89. The van der Waals surface area contributed by atoms with Gasteiger partial charge in [-0.1, -0.05) is 18.6 Å². The van der Waals surface area contributed by atoms with Crippen molar-refractivity contribution in [3.8, 4) is 9.85 Å². The molecule has 1 atom stereocenters. The highest BCUT2D eigenvalue weighted by Crippen LogP contribution is 1.98. The quantitative estimate of drug-likeness (QED) is 0.368. The van der Waals surface area contributed by atoms with Gasteiger partial charge in [0.05, 0.1) is 6.42 Å². The summed E-state index contributed by atoms with van der Waals surface area (Å²) in [7, 11) is 0. The van der Waals surface area contributed by atoms with Crippen LogP contribution < -0.4 is 0 Å². The van der Waals surface area contributed by atoms with Crippen molar-refractivity contribution in [3.63, 3.8) is 0 Å². The molecule has 60 valence electrons. The second-order valence-corrected chi connectivity index (χ2v) is 2.17. The molecule has 0 saturated carbocycles. The van der Waals surface area contributed by atoms with E-state index in [2.05, 4.69) is 21.2 Å². The van der Waals surface area contributed by atoms with Gasteiger partial charge >= 0.3 is 6.16 Å². The fourth-order valence-corrected chi connectivity index (χ4v) is 0.662. The smallest absolute Gasteiger partial charge is 0.450 e. The Hall–Kier alpha value is -0.700. The third-order valence-electron chi connectivity index (χ3n) is 0.885. The Morgan fingerprint density at radius 1 is 1.91 bits per heavy atom. The number of hydrogen-bond donors (Lipinski definition) is 1. The minimum atomic E-state index is -1.30. The maximum Gasteiger partial charge on any atom is 0.506 e. The van der Waals surface area contributed by atoms with Crippen LogP contribution in [0.4, 0.5) is 4.79 Å². The Morgan fingerprint density at radius 2 is 2.55 bits per heavy atom. The second-order valence-electron chi connectivity index (χ2n) is 1.63. The fraction of sp³-hybridized carbons (Fsp3) is 0.286. The van der Waals surface area contributed by atoms with Crippen molar-refractivity contribution in [2.45, 2.75) is 12.5 Å². The molecule has 0 rings (SSSR count). The van der Waals surface area contributed by atoms with E-state index in [1.807, 2.05) is 22.6 Å². The van der Waals surface area contributed by atoms with E-state index in [1.54, 1.807) is 0 Å². The Bertz CT molecular complexity index is 201. The van der Waals surface area contributed by atoms with Crippen LogP contribution in [0, 0.1) is 9.85 Å². The van der Waals surface area contributed by atoms with Gasteiger partial charge in [-0.15, -0.1) is 0 Å². The summed E-state index contributed by atoms with van der Waals surface area (Å²) in [4.78, 5) is 10.0. The topological polar surface area (TPSA) is 46.5 Å². The van der Waals surface area contributed by atoms with Gasteiger partial charge in [-0.3, -0.25) is 0 Å². The highest BCUT2D eigenvalue weighted by molar-refractivity contribution is 14.1. The molecule has 0 aliphatic rings. The zero-order valence-electron chi connectivity index (χ0n) is 5.71. The number of hydrogen-bond acceptors (Lipinski definition) is 2. The highest BCUT2D eigenvalue weighted by Gasteiger charge is 2.06. The lowest BCUT2D eigenvalue weighted by Crippen LogP contribution is -2.12. The Kier molecular flexibility index (Phi) is 5.65. The molecule has 0 bridgehead atoms. The van der Waals surface area contributed by atoms with E-state index in [-0.39, 0.29) is 0 Å². The first-order valence-electron chi connectivity index (χ1n) is 2.81. The van der Waals surface area contributed by atoms with Crippen LogP contribution in [0.1, 0.15) is 6.42 Å². The van der Waals surface area contributed by atoms with Crippen LogP contribution in [0.25, 0.3) is 0 Å². The standard InChI is InChI=1S/C7H7IO3/c1-2-6(4-3-5-8)11-7(9)10/h2,6H,1,4H2,(H,9,10). The third kappa shape index (κ3) is 5.73. The summed E-state index contributed by atoms with van der Waals surface area (Å²) in [5, 5.41) is 8.19. The van der Waals surface area contributed by atoms with E-state index < -0.39 is 12.3 Å². The molecule has 0 spiro atoms. The average Bonchev–Trinajstić information content (AvgIpc) is 1.97. The lowest BCUT2D eigenvalue weighted by atomic mass is 10.3. The minimum absolute atomic E-state index is 0.360. The van der Waals surface area contributed by atoms with Crippen molar-refractivity contribution in [2.75, 3.05) is 0 Å². The van der Waals surface area contributed by atoms with Crippen LogP contribution in [-0.4, -0.2) is 17.4 Å². The number of ether oxygens (including phenoxy) is 1. The Balaban J connectivity index is 3.82. The Morgan fingerprint density at radius 3 is 2.91 bits per heavy atom. The molecule has 0 aromatic rings. The molecule has 0 heterocycles. The zero-order chi connectivity index (χ0) is 8.69. The molecule has 4 heteroatoms. The van der Waals surface area contributed by atoms with E-state index in [4.69, 9.17) is 5.11 Å². The van der Waals surface area contributed by atoms with Gasteiger partial charge in [-0.05, 0) is 3.93 Å². The number of carbonyl (C=O) groups is 1. The minimum Gasteiger partial charge on any atom is -0.450 e. The average molecular weight is 266 g/mol. The molecule has 0 saturated heterocycles. The van der Waals surface area contributed by atoms with Crippen molar-refractivity contribution >= 4 is 28.7 Å². The lowest BCUT2D eigenvalue weighted by molar-refractivity contribution is 0.0710. The van der Waals surface area contributed by atoms with Gasteiger partial charge in [0.1, 0.15) is 6.10 Å². The third-order valence-corrected chi connectivity index (χ3v) is 1.27. The summed E-state index contributed by atoms with van der Waals surface area (Å²) in [6.45, 7) is 3.41. The summed E-state index contributed by atoms with van der Waals surface area (Å²) in [6, 6.07) is 0. The van der Waals surface area contributed by atoms with E-state index in [9.17, 15) is 4.79 Å². The van der Waals surface area contributed by atoms with Gasteiger partial charge in [0.2, 0.25) is 0 Å². The van der Waals surface area contributed by atoms with Gasteiger partial charge in [-0.2, -0.15) is 0 Å². The van der Waals surface area contributed by atoms with Crippen molar-refractivity contribution in [3.05, 3.63) is 12.7 Å². The van der Waals surface area contributed by atoms with Crippen molar-refractivity contribution < 1.29 is 14.6 Å². The summed E-state index contributed by atoms with van der Waals surface area (Å²) >= 11 is 1.87. The molecule has 0 amide bonds. The molecule has 0 aromatic heterocycles. The SMILES string of the molecule is C=CC(CC#CI)OC(=O)O. The molecule has 3 nitrogen and oxygen atoms in total. The van der Waals surface area contributed by atoms with Crippen LogP contribution in [0.3, 0.4) is 0 Å². The molecule has 0 radical (unpaired) electrons. The monoisotopic (exact) mass is 266 g/mol. The highest BCUT2D eigenvalue weighted by atomic mass is 127. The van der Waals surface area contributed by atoms with Gasteiger partial charge in [-0.25, -0.2) is 4.79 Å². The fourth-order valence-electron chi connectivity index (χ4n) is 0.442. The normalized spacial score (nSPS) is 10.6. The summed E-state index contributed by atoms with van der Waals surface area (Å²) in [5.74, 6) is 2.68. The van der Waals surface area contributed by atoms with Crippen molar-refractivity contribution in [2.24, 2.45) is 0 Å². The largest absolute Gasteiger partial charge is 0.506 e. The van der Waals surface area contributed by atoms with Gasteiger partial charge in [0, 0.05) is 22.6 Å². The van der Waals surface area contributed by atoms with Crippen molar-refractivity contribution in [1.82, 2.24) is 0 Å². The van der Waals surface area contributed by atoms with Crippen LogP contribution in [-0.2, 0) is 4.74 Å². The van der Waals surface area contributed by atoms with Crippen LogP contribution in [0.2, 0.25) is 0 Å². The predicted octanol–water partition coefficient (Wildman–Crippen LogP) is 2.02. The van der Waals surface area contributed by atoms with E-state index in [0.717, 1.165) is 0 Å². The van der Waals surface area contributed by atoms with E-state index in [1.165, 1.54) is 6.08 Å².